The van der Waals surface area contributed by atoms with E-state index in [1.165, 1.54) is 12.1 Å². The summed E-state index contributed by atoms with van der Waals surface area (Å²) in [6.07, 6.45) is 6.89. The number of aryl methyl sites for hydroxylation is 1. The molecule has 1 aliphatic heterocycles. The van der Waals surface area contributed by atoms with Crippen LogP contribution >= 0.6 is 0 Å². The first kappa shape index (κ1) is 10.5. The summed E-state index contributed by atoms with van der Waals surface area (Å²) >= 11 is 0. The number of imidazole rings is 1. The molecule has 17 heavy (non-hydrogen) atoms. The molecular weight excluding hydrogens is 214 g/mol. The molecule has 0 radical (unpaired) electrons. The first-order chi connectivity index (χ1) is 8.33. The van der Waals surface area contributed by atoms with Gasteiger partial charge in [-0.3, -0.25) is 10.00 Å². The average Bonchev–Trinajstić information content (AvgIpc) is 3.02. The van der Waals surface area contributed by atoms with Gasteiger partial charge in [-0.15, -0.1) is 0 Å². The van der Waals surface area contributed by atoms with Gasteiger partial charge >= 0.3 is 0 Å². The maximum absolute atomic E-state index is 4.37. The molecule has 5 nitrogen and oxygen atoms in total. The zero-order valence-electron chi connectivity index (χ0n) is 10.0. The molecule has 1 N–H and O–H groups in total. The van der Waals surface area contributed by atoms with E-state index in [4.69, 9.17) is 0 Å². The molecule has 0 aromatic carbocycles. The minimum atomic E-state index is 0.595. The normalized spacial score (nSPS) is 21.1. The maximum atomic E-state index is 4.37. The fraction of sp³-hybridized carbons (Fsp3) is 0.500. The second kappa shape index (κ2) is 4.33. The lowest BCUT2D eigenvalue weighted by atomic mass is 10.1. The van der Waals surface area contributed by atoms with E-state index in [0.29, 0.717) is 5.92 Å². The first-order valence-electron chi connectivity index (χ1n) is 6.01. The third-order valence-electron chi connectivity index (χ3n) is 3.52. The van der Waals surface area contributed by atoms with E-state index in [1.54, 1.807) is 0 Å². The van der Waals surface area contributed by atoms with Crippen LogP contribution in [-0.4, -0.2) is 37.7 Å². The topological polar surface area (TPSA) is 49.7 Å². The van der Waals surface area contributed by atoms with Gasteiger partial charge in [-0.25, -0.2) is 4.98 Å². The summed E-state index contributed by atoms with van der Waals surface area (Å²) in [5.41, 5.74) is 1.26. The molecule has 0 amide bonds. The van der Waals surface area contributed by atoms with Crippen LogP contribution in [0.1, 0.15) is 23.9 Å². The van der Waals surface area contributed by atoms with Crippen molar-refractivity contribution in [2.75, 3.05) is 13.1 Å². The van der Waals surface area contributed by atoms with Crippen molar-refractivity contribution in [1.82, 2.24) is 24.6 Å². The van der Waals surface area contributed by atoms with Gasteiger partial charge in [0, 0.05) is 43.8 Å². The maximum Gasteiger partial charge on any atom is 0.122 e. The number of hydrogen-bond acceptors (Lipinski definition) is 3. The number of rotatable bonds is 3. The van der Waals surface area contributed by atoms with Gasteiger partial charge < -0.3 is 4.57 Å². The third-order valence-corrected chi connectivity index (χ3v) is 3.52. The van der Waals surface area contributed by atoms with E-state index >= 15 is 0 Å². The van der Waals surface area contributed by atoms with Crippen molar-refractivity contribution in [3.05, 3.63) is 36.2 Å². The van der Waals surface area contributed by atoms with Gasteiger partial charge in [0.05, 0.1) is 6.54 Å². The molecule has 0 unspecified atom stereocenters. The SMILES string of the molecule is Cn1ccnc1CN1CC[C@H](c2ccn[nH]2)C1. The van der Waals surface area contributed by atoms with Crippen LogP contribution in [0.3, 0.4) is 0 Å². The van der Waals surface area contributed by atoms with Crippen LogP contribution in [0.25, 0.3) is 0 Å². The number of H-pyrrole nitrogens is 1. The summed E-state index contributed by atoms with van der Waals surface area (Å²) < 4.78 is 2.09. The van der Waals surface area contributed by atoms with Crippen molar-refractivity contribution in [1.29, 1.82) is 0 Å². The number of hydrogen-bond donors (Lipinski definition) is 1. The summed E-state index contributed by atoms with van der Waals surface area (Å²) in [4.78, 5) is 6.82. The van der Waals surface area contributed by atoms with Crippen molar-refractivity contribution in [3.8, 4) is 0 Å². The van der Waals surface area contributed by atoms with E-state index < -0.39 is 0 Å². The standard InChI is InChI=1S/C12H17N5/c1-16-7-5-13-12(16)9-17-6-3-10(8-17)11-2-4-14-15-11/h2,4-5,7,10H,3,6,8-9H2,1H3,(H,14,15)/t10-/m0/s1. The third kappa shape index (κ3) is 2.10. The van der Waals surface area contributed by atoms with Crippen LogP contribution in [0.4, 0.5) is 0 Å². The highest BCUT2D eigenvalue weighted by Gasteiger charge is 2.25. The summed E-state index contributed by atoms with van der Waals surface area (Å²) in [6.45, 7) is 3.17. The predicted molar refractivity (Wildman–Crippen MR) is 64.4 cm³/mol. The minimum Gasteiger partial charge on any atom is -0.337 e. The fourth-order valence-electron chi connectivity index (χ4n) is 2.47. The molecule has 1 saturated heterocycles. The number of aromatic nitrogens is 4. The van der Waals surface area contributed by atoms with Crippen LogP contribution in [0.2, 0.25) is 0 Å². The molecule has 1 atom stereocenters. The van der Waals surface area contributed by atoms with E-state index in [1.807, 2.05) is 25.6 Å². The highest BCUT2D eigenvalue weighted by molar-refractivity contribution is 5.09. The Kier molecular flexibility index (Phi) is 2.68. The van der Waals surface area contributed by atoms with Gasteiger partial charge in [0.2, 0.25) is 0 Å². The van der Waals surface area contributed by atoms with E-state index in [9.17, 15) is 0 Å². The van der Waals surface area contributed by atoms with E-state index in [-0.39, 0.29) is 0 Å². The Labute approximate surface area is 100 Å². The molecular formula is C12H17N5. The molecule has 3 heterocycles. The van der Waals surface area contributed by atoms with Crippen LogP contribution in [0.15, 0.2) is 24.7 Å². The van der Waals surface area contributed by atoms with Crippen molar-refractivity contribution in [2.45, 2.75) is 18.9 Å². The van der Waals surface area contributed by atoms with Gasteiger partial charge in [-0.1, -0.05) is 0 Å². The second-order valence-corrected chi connectivity index (χ2v) is 4.69. The summed E-state index contributed by atoms with van der Waals surface area (Å²) in [6, 6.07) is 2.08. The average molecular weight is 231 g/mol. The molecule has 90 valence electrons. The molecule has 0 bridgehead atoms. The van der Waals surface area contributed by atoms with E-state index in [2.05, 4.69) is 30.7 Å². The van der Waals surface area contributed by atoms with Gasteiger partial charge in [-0.05, 0) is 19.0 Å². The molecule has 0 aliphatic carbocycles. The molecule has 2 aromatic heterocycles. The van der Waals surface area contributed by atoms with Crippen LogP contribution in [0, 0.1) is 0 Å². The first-order valence-corrected chi connectivity index (χ1v) is 6.01. The summed E-state index contributed by atoms with van der Waals surface area (Å²) in [5, 5.41) is 7.09. The van der Waals surface area contributed by atoms with Gasteiger partial charge in [-0.2, -0.15) is 5.10 Å². The Morgan fingerprint density at radius 2 is 2.41 bits per heavy atom. The van der Waals surface area contributed by atoms with Crippen molar-refractivity contribution < 1.29 is 0 Å². The molecule has 1 aliphatic rings. The zero-order valence-corrected chi connectivity index (χ0v) is 10.0. The van der Waals surface area contributed by atoms with Crippen molar-refractivity contribution in [2.24, 2.45) is 7.05 Å². The van der Waals surface area contributed by atoms with Gasteiger partial charge in [0.1, 0.15) is 5.82 Å². The van der Waals surface area contributed by atoms with Crippen LogP contribution < -0.4 is 0 Å². The molecule has 5 heteroatoms. The minimum absolute atomic E-state index is 0.595. The molecule has 2 aromatic rings. The Morgan fingerprint density at radius 1 is 1.47 bits per heavy atom. The quantitative estimate of drug-likeness (QED) is 0.861. The lowest BCUT2D eigenvalue weighted by molar-refractivity contribution is 0.314. The number of aromatic amines is 1. The number of nitrogens with zero attached hydrogens (tertiary/aromatic N) is 4. The van der Waals surface area contributed by atoms with Crippen LogP contribution in [0.5, 0.6) is 0 Å². The van der Waals surface area contributed by atoms with Crippen molar-refractivity contribution in [3.63, 3.8) is 0 Å². The molecule has 0 spiro atoms. The largest absolute Gasteiger partial charge is 0.337 e. The van der Waals surface area contributed by atoms with Crippen molar-refractivity contribution >= 4 is 0 Å². The Hall–Kier alpha value is -1.62. The molecule has 3 rings (SSSR count). The lowest BCUT2D eigenvalue weighted by Gasteiger charge is -2.15. The number of likely N-dealkylation sites (tertiary alicyclic amines) is 1. The summed E-state index contributed by atoms with van der Waals surface area (Å²) in [7, 11) is 2.05. The van der Waals surface area contributed by atoms with Gasteiger partial charge in [0.25, 0.3) is 0 Å². The van der Waals surface area contributed by atoms with Crippen LogP contribution in [-0.2, 0) is 13.6 Å². The number of nitrogens with one attached hydrogen (secondary N) is 1. The Morgan fingerprint density at radius 3 is 3.12 bits per heavy atom. The Balaban J connectivity index is 1.63. The monoisotopic (exact) mass is 231 g/mol. The summed E-state index contributed by atoms with van der Waals surface area (Å²) in [5.74, 6) is 1.73. The van der Waals surface area contributed by atoms with Gasteiger partial charge in [0.15, 0.2) is 0 Å². The smallest absolute Gasteiger partial charge is 0.122 e. The molecule has 0 saturated carbocycles. The Bertz CT molecular complexity index is 473. The predicted octanol–water partition coefficient (Wildman–Crippen LogP) is 1.13. The van der Waals surface area contributed by atoms with E-state index in [0.717, 1.165) is 25.5 Å². The lowest BCUT2D eigenvalue weighted by Crippen LogP contribution is -2.21. The fourth-order valence-corrected chi connectivity index (χ4v) is 2.47. The zero-order chi connectivity index (χ0) is 11.7. The molecule has 1 fully saturated rings. The highest BCUT2D eigenvalue weighted by Crippen LogP contribution is 2.26. The highest BCUT2D eigenvalue weighted by atomic mass is 15.2. The second-order valence-electron chi connectivity index (χ2n) is 4.69.